The maximum absolute atomic E-state index is 12.5. The molecule has 0 saturated heterocycles. The molecule has 1 heterocycles. The van der Waals surface area contributed by atoms with E-state index in [1.54, 1.807) is 6.07 Å². The normalized spacial score (nSPS) is 19.6. The fourth-order valence-electron chi connectivity index (χ4n) is 3.08. The number of carbonyl (C=O) groups excluding carboxylic acids is 1. The second kappa shape index (κ2) is 7.19. The molecular weight excluding hydrogens is 368 g/mol. The molecule has 2 N–H and O–H groups in total. The summed E-state index contributed by atoms with van der Waals surface area (Å²) in [5.41, 5.74) is 5.32. The zero-order valence-electron chi connectivity index (χ0n) is 14.0. The van der Waals surface area contributed by atoms with Crippen molar-refractivity contribution in [2.45, 2.75) is 23.8 Å². The maximum Gasteiger partial charge on any atom is 0.266 e. The third-order valence-electron chi connectivity index (χ3n) is 4.52. The van der Waals surface area contributed by atoms with Gasteiger partial charge in [0, 0.05) is 27.0 Å². The minimum absolute atomic E-state index is 0.0211. The molecule has 2 unspecified atom stereocenters. The highest BCUT2D eigenvalue weighted by Gasteiger charge is 2.32. The van der Waals surface area contributed by atoms with E-state index in [0.29, 0.717) is 10.6 Å². The predicted molar refractivity (Wildman–Crippen MR) is 105 cm³/mol. The number of halogens is 1. The van der Waals surface area contributed by atoms with Gasteiger partial charge in [-0.05, 0) is 60.8 Å². The molecule has 1 amide bonds. The Morgan fingerprint density at radius 2 is 2.04 bits per heavy atom. The summed E-state index contributed by atoms with van der Waals surface area (Å²) in [5.74, 6) is 0.808. The number of allylic oxidation sites excluding steroid dienone is 2. The summed E-state index contributed by atoms with van der Waals surface area (Å²) in [7, 11) is 0. The Kier molecular flexibility index (Phi) is 4.76. The molecule has 2 atom stereocenters. The summed E-state index contributed by atoms with van der Waals surface area (Å²) >= 11 is 7.43. The minimum atomic E-state index is -0.196. The van der Waals surface area contributed by atoms with Gasteiger partial charge in [0.2, 0.25) is 0 Å². The molecule has 132 valence electrons. The van der Waals surface area contributed by atoms with Crippen molar-refractivity contribution >= 4 is 29.5 Å². The van der Waals surface area contributed by atoms with Crippen molar-refractivity contribution in [2.24, 2.45) is 0 Å². The SMILES string of the molecule is Cc1c(Cl)cccc1SNNC(=O)c1ccc2c(c1)C1C=CC=CC1O2. The number of rotatable bonds is 4. The molecule has 2 aromatic carbocycles. The highest BCUT2D eigenvalue weighted by atomic mass is 35.5. The first kappa shape index (κ1) is 17.2. The summed E-state index contributed by atoms with van der Waals surface area (Å²) in [6.45, 7) is 1.94. The monoisotopic (exact) mass is 384 g/mol. The van der Waals surface area contributed by atoms with Crippen molar-refractivity contribution in [3.63, 3.8) is 0 Å². The number of carbonyl (C=O) groups is 1. The number of nitrogens with one attached hydrogen (secondary N) is 2. The summed E-state index contributed by atoms with van der Waals surface area (Å²) in [6.07, 6.45) is 8.16. The van der Waals surface area contributed by atoms with E-state index in [9.17, 15) is 4.79 Å². The average Bonchev–Trinajstić information content (AvgIpc) is 3.03. The topological polar surface area (TPSA) is 50.4 Å². The van der Waals surface area contributed by atoms with E-state index in [1.807, 2.05) is 55.5 Å². The van der Waals surface area contributed by atoms with Crippen LogP contribution in [-0.4, -0.2) is 12.0 Å². The molecule has 2 aliphatic rings. The van der Waals surface area contributed by atoms with Crippen molar-refractivity contribution in [3.8, 4) is 5.75 Å². The van der Waals surface area contributed by atoms with Crippen LogP contribution in [0.4, 0.5) is 0 Å². The number of ether oxygens (including phenoxy) is 1. The van der Waals surface area contributed by atoms with Gasteiger partial charge in [-0.1, -0.05) is 35.9 Å². The molecule has 6 heteroatoms. The Morgan fingerprint density at radius 3 is 2.92 bits per heavy atom. The molecule has 26 heavy (non-hydrogen) atoms. The van der Waals surface area contributed by atoms with Crippen LogP contribution < -0.4 is 15.0 Å². The van der Waals surface area contributed by atoms with Gasteiger partial charge in [-0.25, -0.2) is 0 Å². The molecule has 0 spiro atoms. The molecule has 4 nitrogen and oxygen atoms in total. The molecule has 4 rings (SSSR count). The largest absolute Gasteiger partial charge is 0.485 e. The number of hydrogen-bond acceptors (Lipinski definition) is 4. The number of hydrogen-bond donors (Lipinski definition) is 2. The van der Waals surface area contributed by atoms with Crippen LogP contribution in [0.15, 0.2) is 65.6 Å². The lowest BCUT2D eigenvalue weighted by Gasteiger charge is -2.14. The van der Waals surface area contributed by atoms with Gasteiger partial charge in [-0.15, -0.1) is 0 Å². The molecule has 0 aromatic heterocycles. The first-order valence-corrected chi connectivity index (χ1v) is 9.46. The van der Waals surface area contributed by atoms with Crippen LogP contribution in [0.5, 0.6) is 5.75 Å². The lowest BCUT2D eigenvalue weighted by Crippen LogP contribution is -2.32. The molecular formula is C20H17ClN2O2S. The van der Waals surface area contributed by atoms with E-state index >= 15 is 0 Å². The van der Waals surface area contributed by atoms with Crippen LogP contribution in [0.1, 0.15) is 27.4 Å². The molecule has 0 radical (unpaired) electrons. The standard InChI is InChI=1S/C20H17ClN2O2S/c1-12-16(21)6-4-8-19(12)26-23-22-20(24)13-9-10-18-15(11-13)14-5-2-3-7-17(14)25-18/h2-11,14,17,23H,1H3,(H,22,24). The summed E-state index contributed by atoms with van der Waals surface area (Å²) in [6, 6.07) is 11.2. The van der Waals surface area contributed by atoms with Crippen molar-refractivity contribution in [2.75, 3.05) is 0 Å². The fourth-order valence-corrected chi connectivity index (χ4v) is 3.98. The Morgan fingerprint density at radius 1 is 1.19 bits per heavy atom. The fraction of sp³-hybridized carbons (Fsp3) is 0.150. The Balaban J connectivity index is 1.42. The Bertz CT molecular complexity index is 926. The molecule has 0 bridgehead atoms. The van der Waals surface area contributed by atoms with Crippen molar-refractivity contribution in [1.29, 1.82) is 0 Å². The highest BCUT2D eigenvalue weighted by molar-refractivity contribution is 7.97. The Labute approximate surface area is 161 Å². The minimum Gasteiger partial charge on any atom is -0.485 e. The summed E-state index contributed by atoms with van der Waals surface area (Å²) < 4.78 is 5.91. The van der Waals surface area contributed by atoms with Gasteiger partial charge in [0.25, 0.3) is 5.91 Å². The van der Waals surface area contributed by atoms with Crippen molar-refractivity contribution in [1.82, 2.24) is 10.3 Å². The Hall–Kier alpha value is -2.21. The van der Waals surface area contributed by atoms with Crippen LogP contribution >= 0.6 is 23.5 Å². The number of fused-ring (bicyclic) bond motifs is 3. The van der Waals surface area contributed by atoms with E-state index in [-0.39, 0.29) is 17.9 Å². The van der Waals surface area contributed by atoms with Gasteiger partial charge in [0.05, 0.1) is 0 Å². The van der Waals surface area contributed by atoms with Gasteiger partial charge < -0.3 is 4.74 Å². The van der Waals surface area contributed by atoms with Crippen LogP contribution in [0, 0.1) is 6.92 Å². The van der Waals surface area contributed by atoms with Crippen LogP contribution in [0.3, 0.4) is 0 Å². The van der Waals surface area contributed by atoms with Crippen LogP contribution in [-0.2, 0) is 0 Å². The van der Waals surface area contributed by atoms with Gasteiger partial charge >= 0.3 is 0 Å². The zero-order valence-corrected chi connectivity index (χ0v) is 15.6. The van der Waals surface area contributed by atoms with E-state index in [0.717, 1.165) is 21.8 Å². The second-order valence-corrected chi connectivity index (χ2v) is 7.41. The second-order valence-electron chi connectivity index (χ2n) is 6.15. The summed E-state index contributed by atoms with van der Waals surface area (Å²) in [5, 5.41) is 0.700. The molecule has 1 aliphatic carbocycles. The molecule has 0 fully saturated rings. The third-order valence-corrected chi connectivity index (χ3v) is 5.80. The van der Waals surface area contributed by atoms with Crippen LogP contribution in [0.2, 0.25) is 5.02 Å². The lowest BCUT2D eigenvalue weighted by molar-refractivity contribution is 0.0947. The van der Waals surface area contributed by atoms with Gasteiger partial charge in [-0.3, -0.25) is 10.2 Å². The quantitative estimate of drug-likeness (QED) is 0.599. The average molecular weight is 385 g/mol. The highest BCUT2D eigenvalue weighted by Crippen LogP contribution is 2.41. The van der Waals surface area contributed by atoms with E-state index in [1.165, 1.54) is 11.9 Å². The number of benzene rings is 2. The van der Waals surface area contributed by atoms with Gasteiger partial charge in [0.1, 0.15) is 11.9 Å². The summed E-state index contributed by atoms with van der Waals surface area (Å²) in [4.78, 5) is 16.3. The number of hydrazine groups is 1. The maximum atomic E-state index is 12.5. The van der Waals surface area contributed by atoms with E-state index in [2.05, 4.69) is 16.3 Å². The van der Waals surface area contributed by atoms with Crippen molar-refractivity contribution < 1.29 is 9.53 Å². The smallest absolute Gasteiger partial charge is 0.266 e. The van der Waals surface area contributed by atoms with Gasteiger partial charge in [0.15, 0.2) is 0 Å². The first-order chi connectivity index (χ1) is 12.6. The predicted octanol–water partition coefficient (Wildman–Crippen LogP) is 4.56. The molecule has 1 aliphatic heterocycles. The lowest BCUT2D eigenvalue weighted by atomic mass is 9.91. The first-order valence-electron chi connectivity index (χ1n) is 8.26. The van der Waals surface area contributed by atoms with Gasteiger partial charge in [-0.2, -0.15) is 4.83 Å². The van der Waals surface area contributed by atoms with Crippen LogP contribution in [0.25, 0.3) is 0 Å². The third kappa shape index (κ3) is 3.26. The van der Waals surface area contributed by atoms with E-state index < -0.39 is 0 Å². The molecule has 0 saturated carbocycles. The van der Waals surface area contributed by atoms with E-state index in [4.69, 9.17) is 16.3 Å². The molecule has 2 aromatic rings. The van der Waals surface area contributed by atoms with Crippen molar-refractivity contribution in [3.05, 3.63) is 82.4 Å². The zero-order chi connectivity index (χ0) is 18.1. The number of amides is 1.